The van der Waals surface area contributed by atoms with Gasteiger partial charge in [-0.15, -0.1) is 0 Å². The summed E-state index contributed by atoms with van der Waals surface area (Å²) >= 11 is -8.46. The number of hydrogen-bond acceptors (Lipinski definition) is 2. The molecule has 0 fully saturated rings. The third kappa shape index (κ3) is 10.5. The van der Waals surface area contributed by atoms with E-state index in [2.05, 4.69) is 243 Å². The molecule has 4 radical (unpaired) electrons. The fourth-order valence-corrected chi connectivity index (χ4v) is 34.7. The first-order valence-electron chi connectivity index (χ1n) is 18.1. The maximum absolute atomic E-state index is 7.13. The molecule has 8 rings (SSSR count). The van der Waals surface area contributed by atoms with E-state index in [1.165, 1.54) is 35.2 Å². The zero-order valence-corrected chi connectivity index (χ0v) is 38.3. The monoisotopic (exact) mass is 944 g/mol. The first kappa shape index (κ1) is 38.1. The summed E-state index contributed by atoms with van der Waals surface area (Å²) < 4.78 is 25.1. The molecule has 0 spiro atoms. The van der Waals surface area contributed by atoms with Crippen molar-refractivity contribution >= 4 is 93.9 Å². The van der Waals surface area contributed by atoms with Gasteiger partial charge in [-0.05, 0) is 0 Å². The Balaban J connectivity index is 0.000000167. The fourth-order valence-electron chi connectivity index (χ4n) is 6.06. The van der Waals surface area contributed by atoms with Crippen LogP contribution in [0.15, 0.2) is 243 Å². The topological polar surface area (TPSA) is 18.5 Å². The molecule has 0 saturated carbocycles. The van der Waals surface area contributed by atoms with Gasteiger partial charge in [0.2, 0.25) is 0 Å². The Bertz CT molecular complexity index is 1730. The second kappa shape index (κ2) is 20.5. The van der Waals surface area contributed by atoms with Crippen LogP contribution in [0.5, 0.6) is 0 Å². The number of benzene rings is 8. The molecular weight excluding hydrogens is 899 g/mol. The zero-order valence-electron chi connectivity index (χ0n) is 29.9. The molecule has 0 aromatic heterocycles. The van der Waals surface area contributed by atoms with Crippen LogP contribution in [0.25, 0.3) is 0 Å². The molecule has 0 unspecified atom stereocenters. The Labute approximate surface area is 339 Å². The third-order valence-corrected chi connectivity index (χ3v) is 33.7. The predicted molar refractivity (Wildman–Crippen MR) is 234 cm³/mol. The van der Waals surface area contributed by atoms with Gasteiger partial charge in [0.25, 0.3) is 0 Å². The van der Waals surface area contributed by atoms with Gasteiger partial charge in [0, 0.05) is 0 Å². The molecule has 0 aliphatic carbocycles. The summed E-state index contributed by atoms with van der Waals surface area (Å²) in [4.78, 5) is 0. The molecule has 0 amide bonds. The van der Waals surface area contributed by atoms with Gasteiger partial charge in [-0.25, -0.2) is 0 Å². The van der Waals surface area contributed by atoms with Crippen molar-refractivity contribution in [3.8, 4) is 0 Å². The molecule has 54 heavy (non-hydrogen) atoms. The molecule has 0 N–H and O–H groups in total. The van der Waals surface area contributed by atoms with Crippen molar-refractivity contribution in [1.29, 1.82) is 0 Å². The van der Waals surface area contributed by atoms with E-state index < -0.39 is 58.7 Å². The summed E-state index contributed by atoms with van der Waals surface area (Å²) in [6.07, 6.45) is 0. The van der Waals surface area contributed by atoms with Crippen LogP contribution in [-0.4, -0.2) is 58.7 Å². The van der Waals surface area contributed by atoms with Gasteiger partial charge in [-0.3, -0.25) is 0 Å². The van der Waals surface area contributed by atoms with Gasteiger partial charge < -0.3 is 0 Å². The van der Waals surface area contributed by atoms with Gasteiger partial charge in [0.05, 0.1) is 0 Å². The van der Waals surface area contributed by atoms with Gasteiger partial charge in [0.15, 0.2) is 0 Å². The summed E-state index contributed by atoms with van der Waals surface area (Å²) in [6, 6.07) is 86.3. The van der Waals surface area contributed by atoms with Crippen molar-refractivity contribution < 1.29 is 5.58 Å². The third-order valence-electron chi connectivity index (χ3n) is 8.70. The Kier molecular flexibility index (Phi) is 14.5. The van der Waals surface area contributed by atoms with Crippen molar-refractivity contribution in [2.24, 2.45) is 0 Å². The van der Waals surface area contributed by atoms with E-state index >= 15 is 0 Å². The molecule has 8 aromatic rings. The Morgan fingerprint density at radius 3 is 0.389 bits per heavy atom. The van der Waals surface area contributed by atoms with Crippen LogP contribution >= 0.6 is 0 Å². The fraction of sp³-hybridized carbons (Fsp3) is 0. The average molecular weight is 939 g/mol. The summed E-state index contributed by atoms with van der Waals surface area (Å²) in [6.45, 7) is 0. The van der Waals surface area contributed by atoms with Crippen molar-refractivity contribution in [2.75, 3.05) is 0 Å². The summed E-state index contributed by atoms with van der Waals surface area (Å²) in [5.41, 5.74) is 0. The van der Waals surface area contributed by atoms with Gasteiger partial charge >= 0.3 is 342 Å². The normalized spacial score (nSPS) is 11.0. The van der Waals surface area contributed by atoms with E-state index in [4.69, 9.17) is 5.58 Å². The van der Waals surface area contributed by atoms with E-state index in [1.807, 2.05) is 0 Å². The van der Waals surface area contributed by atoms with Crippen LogP contribution in [0.3, 0.4) is 0 Å². The Morgan fingerprint density at radius 1 is 0.167 bits per heavy atom. The van der Waals surface area contributed by atoms with Crippen molar-refractivity contribution in [3.63, 3.8) is 0 Å². The van der Waals surface area contributed by atoms with Crippen LogP contribution in [0.2, 0.25) is 0 Å². The zero-order chi connectivity index (χ0) is 36.6. The Hall–Kier alpha value is -4.15. The van der Waals surface area contributed by atoms with Crippen LogP contribution in [0.1, 0.15) is 0 Å². The summed E-state index contributed by atoms with van der Waals surface area (Å²) in [7, 11) is 0. The van der Waals surface area contributed by atoms with Crippen molar-refractivity contribution in [2.45, 2.75) is 0 Å². The van der Waals surface area contributed by atoms with Crippen LogP contribution in [0, 0.1) is 0 Å². The average Bonchev–Trinajstić information content (AvgIpc) is 3.27. The molecule has 0 aliphatic rings. The van der Waals surface area contributed by atoms with Crippen LogP contribution in [0.4, 0.5) is 0 Å². The molecule has 8 aromatic carbocycles. The van der Waals surface area contributed by atoms with Crippen LogP contribution in [-0.2, 0) is 5.58 Å². The minimum absolute atomic E-state index is 1.36. The van der Waals surface area contributed by atoms with E-state index in [-0.39, 0.29) is 0 Å². The molecule has 0 saturated heterocycles. The molecule has 0 aliphatic heterocycles. The predicted octanol–water partition coefficient (Wildman–Crippen LogP) is 5.23. The first-order chi connectivity index (χ1) is 26.8. The Morgan fingerprint density at radius 2 is 0.278 bits per heavy atom. The van der Waals surface area contributed by atoms with E-state index in [1.54, 1.807) is 0 Å². The van der Waals surface area contributed by atoms with Crippen molar-refractivity contribution in [3.05, 3.63) is 243 Å². The van der Waals surface area contributed by atoms with E-state index in [0.29, 0.717) is 0 Å². The molecule has 0 bridgehead atoms. The summed E-state index contributed by atoms with van der Waals surface area (Å²) in [5.74, 6) is 0. The number of rotatable bonds is 12. The standard InChI is InChI=1S/2C24H20Ge2O/c2*1-5-13-21(14-6-1)25(22-15-7-2-8-16-22)27-26(23-17-9-3-10-18-23)24-19-11-4-12-20-24/h2*1-20H. The molecule has 0 atom stereocenters. The SMILES string of the molecule is c1cc[c]([Ge]([O][Ge]([c]2ccccc2)[c]2ccccc2)[c]2ccccc2)cc1.c1cc[c]([Ge]([O][Ge]([c]2ccccc2)[c]2ccccc2)[c]2ccccc2)cc1. The van der Waals surface area contributed by atoms with Gasteiger partial charge in [-0.2, -0.15) is 0 Å². The molecule has 260 valence electrons. The van der Waals surface area contributed by atoms with Gasteiger partial charge in [-0.1, -0.05) is 0 Å². The molecule has 6 heteroatoms. The number of hydrogen-bond donors (Lipinski definition) is 0. The molecule has 0 heterocycles. The summed E-state index contributed by atoms with van der Waals surface area (Å²) in [5, 5.41) is 0. The van der Waals surface area contributed by atoms with E-state index in [0.717, 1.165) is 0 Å². The maximum atomic E-state index is 7.13. The van der Waals surface area contributed by atoms with Crippen LogP contribution < -0.4 is 35.2 Å². The van der Waals surface area contributed by atoms with E-state index in [9.17, 15) is 0 Å². The quantitative estimate of drug-likeness (QED) is 0.157. The second-order valence-electron chi connectivity index (χ2n) is 12.4. The molecule has 2 nitrogen and oxygen atoms in total. The second-order valence-corrected chi connectivity index (χ2v) is 33.0. The van der Waals surface area contributed by atoms with Gasteiger partial charge in [0.1, 0.15) is 0 Å². The minimum atomic E-state index is -2.12. The first-order valence-corrected chi connectivity index (χ1v) is 29.9. The molecular formula is C48H40Ge4O2. The van der Waals surface area contributed by atoms with Crippen molar-refractivity contribution in [1.82, 2.24) is 0 Å².